The number of methoxy groups -OCH3 is 2. The average Bonchev–Trinajstić information content (AvgIpc) is 2.97. The number of hydrogen-bond acceptors (Lipinski definition) is 5. The summed E-state index contributed by atoms with van der Waals surface area (Å²) < 4.78 is 9.44. The van der Waals surface area contributed by atoms with E-state index in [2.05, 4.69) is 58.2 Å². The standard InChI is InChI=1S/C32H29NO4/c1-36-31(34)22-12-24-8-16-28(17-9-24)33(29-18-10-25(11-19-29)13-23-32(35)37-2)30-20-14-27(15-21-30)26-6-4-3-5-7-26/h3-12,14-22H,13,23H2,1-2H3/b22-12+. The highest BCUT2D eigenvalue weighted by molar-refractivity contribution is 5.87. The van der Waals surface area contributed by atoms with Crippen molar-refractivity contribution in [3.63, 3.8) is 0 Å². The van der Waals surface area contributed by atoms with E-state index in [9.17, 15) is 9.59 Å². The molecule has 0 spiro atoms. The Morgan fingerprint density at radius 3 is 1.78 bits per heavy atom. The van der Waals surface area contributed by atoms with E-state index in [0.29, 0.717) is 12.8 Å². The predicted octanol–water partition coefficient (Wildman–Crippen LogP) is 7.12. The van der Waals surface area contributed by atoms with E-state index in [0.717, 1.165) is 39.3 Å². The zero-order valence-corrected chi connectivity index (χ0v) is 21.0. The Hall–Kier alpha value is -4.64. The molecule has 0 N–H and O–H groups in total. The maximum Gasteiger partial charge on any atom is 0.330 e. The molecule has 5 heteroatoms. The van der Waals surface area contributed by atoms with Crippen LogP contribution in [-0.2, 0) is 25.5 Å². The van der Waals surface area contributed by atoms with Crippen molar-refractivity contribution in [3.8, 4) is 11.1 Å². The Kier molecular flexibility index (Phi) is 8.50. The van der Waals surface area contributed by atoms with Gasteiger partial charge in [0.1, 0.15) is 0 Å². The minimum absolute atomic E-state index is 0.217. The van der Waals surface area contributed by atoms with Crippen molar-refractivity contribution in [1.82, 2.24) is 0 Å². The van der Waals surface area contributed by atoms with Crippen LogP contribution in [0.2, 0.25) is 0 Å². The topological polar surface area (TPSA) is 55.8 Å². The first-order valence-electron chi connectivity index (χ1n) is 12.0. The van der Waals surface area contributed by atoms with Gasteiger partial charge < -0.3 is 14.4 Å². The highest BCUT2D eigenvalue weighted by Gasteiger charge is 2.13. The summed E-state index contributed by atoms with van der Waals surface area (Å²) >= 11 is 0. The van der Waals surface area contributed by atoms with Gasteiger partial charge in [-0.1, -0.05) is 66.7 Å². The van der Waals surface area contributed by atoms with Crippen LogP contribution in [-0.4, -0.2) is 26.2 Å². The van der Waals surface area contributed by atoms with Gasteiger partial charge in [0.2, 0.25) is 0 Å². The van der Waals surface area contributed by atoms with Crippen molar-refractivity contribution >= 4 is 35.1 Å². The molecule has 4 aromatic carbocycles. The van der Waals surface area contributed by atoms with E-state index in [-0.39, 0.29) is 5.97 Å². The minimum Gasteiger partial charge on any atom is -0.469 e. The number of anilines is 3. The van der Waals surface area contributed by atoms with Crippen LogP contribution in [0.1, 0.15) is 17.5 Å². The molecule has 0 fully saturated rings. The van der Waals surface area contributed by atoms with Crippen molar-refractivity contribution in [2.45, 2.75) is 12.8 Å². The third kappa shape index (κ3) is 6.73. The van der Waals surface area contributed by atoms with Gasteiger partial charge in [-0.2, -0.15) is 0 Å². The van der Waals surface area contributed by atoms with Crippen LogP contribution in [0.5, 0.6) is 0 Å². The molecule has 0 aromatic heterocycles. The maximum absolute atomic E-state index is 11.5. The molecule has 0 amide bonds. The van der Waals surface area contributed by atoms with Crippen LogP contribution < -0.4 is 4.90 Å². The van der Waals surface area contributed by atoms with Crippen molar-refractivity contribution in [3.05, 3.63) is 120 Å². The van der Waals surface area contributed by atoms with E-state index in [1.807, 2.05) is 54.6 Å². The van der Waals surface area contributed by atoms with Crippen LogP contribution in [0.15, 0.2) is 109 Å². The van der Waals surface area contributed by atoms with E-state index in [1.54, 1.807) is 6.08 Å². The first-order valence-corrected chi connectivity index (χ1v) is 12.0. The number of benzene rings is 4. The molecule has 0 bridgehead atoms. The Morgan fingerprint density at radius 1 is 0.676 bits per heavy atom. The molecule has 0 unspecified atom stereocenters. The summed E-state index contributed by atoms with van der Waals surface area (Å²) in [5.41, 5.74) is 7.25. The van der Waals surface area contributed by atoms with Crippen LogP contribution >= 0.6 is 0 Å². The number of carbonyl (C=O) groups is 2. The van der Waals surface area contributed by atoms with Crippen LogP contribution in [0.3, 0.4) is 0 Å². The molecule has 0 aliphatic heterocycles. The summed E-state index contributed by atoms with van der Waals surface area (Å²) in [4.78, 5) is 25.1. The lowest BCUT2D eigenvalue weighted by molar-refractivity contribution is -0.140. The van der Waals surface area contributed by atoms with Crippen molar-refractivity contribution in [1.29, 1.82) is 0 Å². The second kappa shape index (κ2) is 12.4. The third-order valence-corrected chi connectivity index (χ3v) is 6.04. The SMILES string of the molecule is COC(=O)/C=C/c1ccc(N(c2ccc(CCC(=O)OC)cc2)c2ccc(-c3ccccc3)cc2)cc1. The minimum atomic E-state index is -0.392. The smallest absolute Gasteiger partial charge is 0.330 e. The lowest BCUT2D eigenvalue weighted by Crippen LogP contribution is -2.10. The zero-order valence-electron chi connectivity index (χ0n) is 21.0. The molecule has 5 nitrogen and oxygen atoms in total. The number of hydrogen-bond donors (Lipinski definition) is 0. The van der Waals surface area contributed by atoms with Gasteiger partial charge in [0, 0.05) is 29.6 Å². The number of nitrogens with zero attached hydrogens (tertiary/aromatic N) is 1. The second-order valence-electron chi connectivity index (χ2n) is 8.44. The summed E-state index contributed by atoms with van der Waals surface area (Å²) in [6.45, 7) is 0. The molecule has 186 valence electrons. The first kappa shape index (κ1) is 25.5. The monoisotopic (exact) mass is 491 g/mol. The zero-order chi connectivity index (χ0) is 26.0. The third-order valence-electron chi connectivity index (χ3n) is 6.04. The highest BCUT2D eigenvalue weighted by atomic mass is 16.5. The average molecular weight is 492 g/mol. The van der Waals surface area contributed by atoms with Gasteiger partial charge in [-0.25, -0.2) is 4.79 Å². The lowest BCUT2D eigenvalue weighted by atomic mass is 10.0. The summed E-state index contributed by atoms with van der Waals surface area (Å²) in [5, 5.41) is 0. The largest absolute Gasteiger partial charge is 0.469 e. The predicted molar refractivity (Wildman–Crippen MR) is 148 cm³/mol. The fourth-order valence-electron chi connectivity index (χ4n) is 4.01. The second-order valence-corrected chi connectivity index (χ2v) is 8.44. The molecular formula is C32H29NO4. The van der Waals surface area contributed by atoms with E-state index in [1.165, 1.54) is 20.3 Å². The normalized spacial score (nSPS) is 10.8. The molecule has 0 aliphatic rings. The fourth-order valence-corrected chi connectivity index (χ4v) is 4.01. The number of rotatable bonds is 9. The van der Waals surface area contributed by atoms with Gasteiger partial charge in [0.05, 0.1) is 14.2 Å². The van der Waals surface area contributed by atoms with Crippen molar-refractivity contribution < 1.29 is 19.1 Å². The van der Waals surface area contributed by atoms with E-state index >= 15 is 0 Å². The first-order chi connectivity index (χ1) is 18.1. The Labute approximate surface area is 217 Å². The van der Waals surface area contributed by atoms with Gasteiger partial charge >= 0.3 is 11.9 Å². The quantitative estimate of drug-likeness (QED) is 0.184. The number of ether oxygens (including phenoxy) is 2. The van der Waals surface area contributed by atoms with Crippen LogP contribution in [0, 0.1) is 0 Å². The van der Waals surface area contributed by atoms with Crippen molar-refractivity contribution in [2.24, 2.45) is 0 Å². The fraction of sp³-hybridized carbons (Fsp3) is 0.125. The van der Waals surface area contributed by atoms with Crippen LogP contribution in [0.4, 0.5) is 17.1 Å². The molecule has 0 saturated carbocycles. The molecule has 0 atom stereocenters. The van der Waals surface area contributed by atoms with E-state index in [4.69, 9.17) is 4.74 Å². The summed E-state index contributed by atoms with van der Waals surface area (Å²) in [6, 6.07) is 34.9. The molecule has 0 radical (unpaired) electrons. The van der Waals surface area contributed by atoms with E-state index < -0.39 is 5.97 Å². The molecular weight excluding hydrogens is 462 g/mol. The summed E-state index contributed by atoms with van der Waals surface area (Å²) in [5.74, 6) is -0.609. The maximum atomic E-state index is 11.5. The molecule has 4 aromatic rings. The Bertz CT molecular complexity index is 1340. The van der Waals surface area contributed by atoms with Crippen molar-refractivity contribution in [2.75, 3.05) is 19.1 Å². The van der Waals surface area contributed by atoms with Crippen LogP contribution in [0.25, 0.3) is 17.2 Å². The van der Waals surface area contributed by atoms with Gasteiger partial charge in [-0.05, 0) is 71.1 Å². The molecule has 0 aliphatic carbocycles. The molecule has 4 rings (SSSR count). The van der Waals surface area contributed by atoms with Gasteiger partial charge in [-0.15, -0.1) is 0 Å². The highest BCUT2D eigenvalue weighted by Crippen LogP contribution is 2.36. The Morgan fingerprint density at radius 2 is 1.22 bits per heavy atom. The summed E-state index contributed by atoms with van der Waals surface area (Å²) in [6.07, 6.45) is 4.11. The molecule has 37 heavy (non-hydrogen) atoms. The number of esters is 2. The lowest BCUT2D eigenvalue weighted by Gasteiger charge is -2.26. The van der Waals surface area contributed by atoms with Gasteiger partial charge in [0.25, 0.3) is 0 Å². The summed E-state index contributed by atoms with van der Waals surface area (Å²) in [7, 11) is 2.76. The molecule has 0 saturated heterocycles. The molecule has 0 heterocycles. The Balaban J connectivity index is 1.65. The number of aryl methyl sites for hydroxylation is 1. The van der Waals surface area contributed by atoms with Gasteiger partial charge in [0.15, 0.2) is 0 Å². The van der Waals surface area contributed by atoms with Gasteiger partial charge in [-0.3, -0.25) is 4.79 Å². The number of carbonyl (C=O) groups excluding carboxylic acids is 2.